The SMILES string of the molecule is CC[C@]12CC[C@@H]3c4cc(Br)c(O)cc4CC[C@H]3[C@@H]1CCCC2=O. The minimum atomic E-state index is -0.0227. The Bertz CT molecular complexity index is 653. The number of Topliss-reactive ketones (excluding diaryl/α,β-unsaturated/α-hetero) is 1. The summed E-state index contributed by atoms with van der Waals surface area (Å²) in [4.78, 5) is 12.8. The van der Waals surface area contributed by atoms with Crippen LogP contribution in [0.2, 0.25) is 0 Å². The monoisotopic (exact) mass is 376 g/mol. The van der Waals surface area contributed by atoms with Gasteiger partial charge >= 0.3 is 0 Å². The first kappa shape index (κ1) is 15.7. The number of carbonyl (C=O) groups is 1. The summed E-state index contributed by atoms with van der Waals surface area (Å²) in [6.45, 7) is 2.22. The van der Waals surface area contributed by atoms with Crippen LogP contribution in [-0.2, 0) is 11.2 Å². The van der Waals surface area contributed by atoms with E-state index in [1.807, 2.05) is 6.07 Å². The summed E-state index contributed by atoms with van der Waals surface area (Å²) in [6, 6.07) is 4.09. The van der Waals surface area contributed by atoms with Crippen molar-refractivity contribution in [2.24, 2.45) is 17.3 Å². The molecule has 2 fully saturated rings. The van der Waals surface area contributed by atoms with Gasteiger partial charge in [0.1, 0.15) is 11.5 Å². The number of phenolic OH excluding ortho intramolecular Hbond substituents is 1. The maximum atomic E-state index is 12.8. The molecule has 4 atom stereocenters. The highest BCUT2D eigenvalue weighted by Crippen LogP contribution is 2.60. The predicted molar refractivity (Wildman–Crippen MR) is 94.7 cm³/mol. The third-order valence-electron chi connectivity index (χ3n) is 7.11. The normalized spacial score (nSPS) is 36.1. The lowest BCUT2D eigenvalue weighted by molar-refractivity contribution is -0.142. The number of rotatable bonds is 1. The topological polar surface area (TPSA) is 37.3 Å². The highest BCUT2D eigenvalue weighted by atomic mass is 79.9. The Morgan fingerprint density at radius 1 is 1.26 bits per heavy atom. The molecule has 1 aromatic rings. The van der Waals surface area contributed by atoms with Crippen molar-refractivity contribution in [3.63, 3.8) is 0 Å². The predicted octanol–water partition coefficient (Wildman–Crippen LogP) is 5.36. The smallest absolute Gasteiger partial charge is 0.139 e. The first-order valence-electron chi connectivity index (χ1n) is 9.11. The van der Waals surface area contributed by atoms with Crippen LogP contribution in [0.1, 0.15) is 68.9 Å². The molecule has 0 bridgehead atoms. The summed E-state index contributed by atoms with van der Waals surface area (Å²) in [5.41, 5.74) is 2.72. The minimum Gasteiger partial charge on any atom is -0.507 e. The van der Waals surface area contributed by atoms with Crippen LogP contribution in [0.25, 0.3) is 0 Å². The van der Waals surface area contributed by atoms with Crippen molar-refractivity contribution < 1.29 is 9.90 Å². The van der Waals surface area contributed by atoms with Crippen molar-refractivity contribution in [2.75, 3.05) is 0 Å². The molecule has 0 heterocycles. The number of ketones is 1. The van der Waals surface area contributed by atoms with Crippen LogP contribution in [0.5, 0.6) is 5.75 Å². The van der Waals surface area contributed by atoms with Crippen LogP contribution < -0.4 is 0 Å². The fourth-order valence-corrected chi connectivity index (χ4v) is 6.36. The molecule has 1 aromatic carbocycles. The van der Waals surface area contributed by atoms with Crippen LogP contribution in [0.4, 0.5) is 0 Å². The lowest BCUT2D eigenvalue weighted by Crippen LogP contribution is -2.50. The average molecular weight is 377 g/mol. The van der Waals surface area contributed by atoms with E-state index >= 15 is 0 Å². The molecule has 0 unspecified atom stereocenters. The highest BCUT2D eigenvalue weighted by molar-refractivity contribution is 9.10. The molecule has 3 aliphatic carbocycles. The number of benzene rings is 1. The van der Waals surface area contributed by atoms with E-state index in [4.69, 9.17) is 0 Å². The summed E-state index contributed by atoms with van der Waals surface area (Å²) in [5.74, 6) is 2.71. The van der Waals surface area contributed by atoms with Crippen molar-refractivity contribution in [3.05, 3.63) is 27.7 Å². The van der Waals surface area contributed by atoms with Gasteiger partial charge in [-0.3, -0.25) is 4.79 Å². The molecule has 2 nitrogen and oxygen atoms in total. The van der Waals surface area contributed by atoms with Gasteiger partial charge in [-0.1, -0.05) is 6.92 Å². The van der Waals surface area contributed by atoms with Gasteiger partial charge in [0, 0.05) is 11.8 Å². The molecule has 0 spiro atoms. The summed E-state index contributed by atoms with van der Waals surface area (Å²) in [5, 5.41) is 9.98. The minimum absolute atomic E-state index is 0.0227. The number of hydrogen-bond acceptors (Lipinski definition) is 2. The van der Waals surface area contributed by atoms with E-state index in [2.05, 4.69) is 28.9 Å². The molecule has 124 valence electrons. The molecule has 0 amide bonds. The van der Waals surface area contributed by atoms with Gasteiger partial charge in [-0.15, -0.1) is 0 Å². The maximum absolute atomic E-state index is 12.8. The molecule has 2 saturated carbocycles. The van der Waals surface area contributed by atoms with E-state index in [-0.39, 0.29) is 5.41 Å². The Morgan fingerprint density at radius 2 is 2.09 bits per heavy atom. The Labute approximate surface area is 146 Å². The first-order valence-corrected chi connectivity index (χ1v) is 9.90. The van der Waals surface area contributed by atoms with Gasteiger partial charge in [0.05, 0.1) is 4.47 Å². The molecular formula is C20H25BrO2. The third kappa shape index (κ3) is 2.22. The first-order chi connectivity index (χ1) is 11.1. The van der Waals surface area contributed by atoms with Gasteiger partial charge < -0.3 is 5.11 Å². The van der Waals surface area contributed by atoms with E-state index in [0.717, 1.165) is 43.0 Å². The molecule has 1 N–H and O–H groups in total. The zero-order chi connectivity index (χ0) is 16.2. The lowest BCUT2D eigenvalue weighted by atomic mass is 9.49. The summed E-state index contributed by atoms with van der Waals surface area (Å²) in [6.07, 6.45) is 8.55. The Balaban J connectivity index is 1.74. The number of hydrogen-bond donors (Lipinski definition) is 1. The van der Waals surface area contributed by atoms with E-state index in [0.29, 0.717) is 29.3 Å². The highest BCUT2D eigenvalue weighted by Gasteiger charge is 2.54. The van der Waals surface area contributed by atoms with Gasteiger partial charge in [-0.05, 0) is 102 Å². The van der Waals surface area contributed by atoms with Crippen molar-refractivity contribution >= 4 is 21.7 Å². The molecule has 0 radical (unpaired) electrons. The van der Waals surface area contributed by atoms with E-state index in [1.54, 1.807) is 0 Å². The van der Waals surface area contributed by atoms with Crippen molar-refractivity contribution in [1.82, 2.24) is 0 Å². The standard InChI is InChI=1S/C20H25BrO2/c1-2-20-9-8-13-14(16(20)4-3-5-19(20)23)7-6-12-10-18(22)17(21)11-15(12)13/h10-11,13-14,16,22H,2-9H2,1H3/t13-,14+,16-,20-/m0/s1. The summed E-state index contributed by atoms with van der Waals surface area (Å²) in [7, 11) is 0. The second-order valence-electron chi connectivity index (χ2n) is 7.78. The number of halogens is 1. The zero-order valence-corrected chi connectivity index (χ0v) is 15.4. The molecule has 4 rings (SSSR count). The zero-order valence-electron chi connectivity index (χ0n) is 13.8. The number of aromatic hydroxyl groups is 1. The second kappa shape index (κ2) is 5.61. The average Bonchev–Trinajstić information content (AvgIpc) is 2.56. The molecule has 3 aliphatic rings. The van der Waals surface area contributed by atoms with Gasteiger partial charge in [0.2, 0.25) is 0 Å². The lowest BCUT2D eigenvalue weighted by Gasteiger charge is -2.54. The molecule has 0 saturated heterocycles. The van der Waals surface area contributed by atoms with Crippen LogP contribution >= 0.6 is 15.9 Å². The fourth-order valence-electron chi connectivity index (χ4n) is 6.00. The molecule has 3 heteroatoms. The summed E-state index contributed by atoms with van der Waals surface area (Å²) >= 11 is 3.49. The van der Waals surface area contributed by atoms with E-state index in [1.165, 1.54) is 24.0 Å². The summed E-state index contributed by atoms with van der Waals surface area (Å²) < 4.78 is 0.809. The van der Waals surface area contributed by atoms with Gasteiger partial charge in [0.25, 0.3) is 0 Å². The van der Waals surface area contributed by atoms with Crippen LogP contribution in [0.15, 0.2) is 16.6 Å². The van der Waals surface area contributed by atoms with Crippen LogP contribution in [0.3, 0.4) is 0 Å². The van der Waals surface area contributed by atoms with Crippen molar-refractivity contribution in [3.8, 4) is 5.75 Å². The molecule has 0 aromatic heterocycles. The van der Waals surface area contributed by atoms with Crippen LogP contribution in [0, 0.1) is 17.3 Å². The molecule has 0 aliphatic heterocycles. The molecular weight excluding hydrogens is 352 g/mol. The van der Waals surface area contributed by atoms with Crippen LogP contribution in [-0.4, -0.2) is 10.9 Å². The Kier molecular flexibility index (Phi) is 3.83. The van der Waals surface area contributed by atoms with Crippen molar-refractivity contribution in [1.29, 1.82) is 0 Å². The van der Waals surface area contributed by atoms with Gasteiger partial charge in [-0.2, -0.15) is 0 Å². The molecule has 23 heavy (non-hydrogen) atoms. The number of fused-ring (bicyclic) bond motifs is 5. The Hall–Kier alpha value is -0.830. The fraction of sp³-hybridized carbons (Fsp3) is 0.650. The third-order valence-corrected chi connectivity index (χ3v) is 7.74. The van der Waals surface area contributed by atoms with Gasteiger partial charge in [0.15, 0.2) is 0 Å². The van der Waals surface area contributed by atoms with Crippen molar-refractivity contribution in [2.45, 2.75) is 64.2 Å². The second-order valence-corrected chi connectivity index (χ2v) is 8.64. The van der Waals surface area contributed by atoms with Gasteiger partial charge in [-0.25, -0.2) is 0 Å². The van der Waals surface area contributed by atoms with E-state index < -0.39 is 0 Å². The number of phenols is 1. The Morgan fingerprint density at radius 3 is 2.87 bits per heavy atom. The number of aryl methyl sites for hydroxylation is 1. The maximum Gasteiger partial charge on any atom is 0.139 e. The van der Waals surface area contributed by atoms with E-state index in [9.17, 15) is 9.90 Å². The largest absolute Gasteiger partial charge is 0.507 e. The quantitative estimate of drug-likeness (QED) is 0.715. The number of carbonyl (C=O) groups excluding carboxylic acids is 1.